The fourth-order valence-corrected chi connectivity index (χ4v) is 3.82. The van der Waals surface area contributed by atoms with Gasteiger partial charge in [0.25, 0.3) is 0 Å². The summed E-state index contributed by atoms with van der Waals surface area (Å²) in [6.45, 7) is 7.02. The third kappa shape index (κ3) is 4.61. The molecular weight excluding hydrogens is 344 g/mol. The Morgan fingerprint density at radius 1 is 1.16 bits per heavy atom. The maximum Gasteiger partial charge on any atom is 0.135 e. The Morgan fingerprint density at radius 3 is 2.44 bits per heavy atom. The summed E-state index contributed by atoms with van der Waals surface area (Å²) in [7, 11) is 0. The Kier molecular flexibility index (Phi) is 6.11. The molecule has 7 heteroatoms. The molecule has 1 N–H and O–H groups in total. The molecule has 1 fully saturated rings. The van der Waals surface area contributed by atoms with Crippen LogP contribution < -0.4 is 0 Å². The number of aliphatic hydroxyl groups excluding tert-OH is 1. The van der Waals surface area contributed by atoms with Gasteiger partial charge < -0.3 is 5.11 Å². The fraction of sp³-hybridized carbons (Fsp3) is 0.500. The summed E-state index contributed by atoms with van der Waals surface area (Å²) >= 11 is 1.43. The van der Waals surface area contributed by atoms with Crippen molar-refractivity contribution < 1.29 is 13.9 Å². The van der Waals surface area contributed by atoms with E-state index in [1.165, 1.54) is 29.5 Å². The van der Waals surface area contributed by atoms with Gasteiger partial charge in [-0.3, -0.25) is 9.80 Å². The van der Waals surface area contributed by atoms with Crippen LogP contribution in [-0.2, 0) is 6.54 Å². The third-order valence-electron chi connectivity index (χ3n) is 4.53. The number of hydrogen-bond acceptors (Lipinski definition) is 5. The first kappa shape index (κ1) is 18.4. The maximum atomic E-state index is 13.9. The van der Waals surface area contributed by atoms with Gasteiger partial charge in [-0.15, -0.1) is 11.3 Å². The van der Waals surface area contributed by atoms with Crippen molar-refractivity contribution in [2.75, 3.05) is 32.7 Å². The Bertz CT molecular complexity index is 681. The first-order valence-electron chi connectivity index (χ1n) is 8.58. The molecule has 25 heavy (non-hydrogen) atoms. The van der Waals surface area contributed by atoms with E-state index in [1.54, 1.807) is 5.38 Å². The standard InChI is InChI=1S/C18H23F2N3OS/c1-2-13(24)10-22-6-8-23(9-7-22)11-17-21-16(12-25-17)18-14(19)4-3-5-15(18)20/h3-5,12-13,24H,2,6-11H2,1H3. The lowest BCUT2D eigenvalue weighted by Gasteiger charge is -2.35. The average Bonchev–Trinajstić information content (AvgIpc) is 3.04. The van der Waals surface area contributed by atoms with E-state index in [4.69, 9.17) is 0 Å². The second kappa shape index (κ2) is 8.31. The van der Waals surface area contributed by atoms with E-state index in [1.807, 2.05) is 6.92 Å². The molecule has 136 valence electrons. The van der Waals surface area contributed by atoms with E-state index in [9.17, 15) is 13.9 Å². The van der Waals surface area contributed by atoms with Crippen LogP contribution in [0.3, 0.4) is 0 Å². The highest BCUT2D eigenvalue weighted by Crippen LogP contribution is 2.27. The normalized spacial score (nSPS) is 17.8. The van der Waals surface area contributed by atoms with Gasteiger partial charge in [0.15, 0.2) is 0 Å². The summed E-state index contributed by atoms with van der Waals surface area (Å²) in [6, 6.07) is 3.86. The van der Waals surface area contributed by atoms with Crippen molar-refractivity contribution in [3.63, 3.8) is 0 Å². The van der Waals surface area contributed by atoms with Crippen LogP contribution in [0.2, 0.25) is 0 Å². The highest BCUT2D eigenvalue weighted by molar-refractivity contribution is 7.09. The smallest absolute Gasteiger partial charge is 0.135 e. The molecule has 0 radical (unpaired) electrons. The fourth-order valence-electron chi connectivity index (χ4n) is 2.99. The minimum atomic E-state index is -0.583. The van der Waals surface area contributed by atoms with Crippen molar-refractivity contribution in [1.82, 2.24) is 14.8 Å². The van der Waals surface area contributed by atoms with Crippen molar-refractivity contribution in [2.45, 2.75) is 26.0 Å². The van der Waals surface area contributed by atoms with Crippen LogP contribution in [-0.4, -0.2) is 58.7 Å². The molecule has 2 aromatic rings. The van der Waals surface area contributed by atoms with E-state index in [-0.39, 0.29) is 11.7 Å². The molecule has 1 unspecified atom stereocenters. The van der Waals surface area contributed by atoms with Gasteiger partial charge in [-0.2, -0.15) is 0 Å². The number of benzene rings is 1. The molecule has 4 nitrogen and oxygen atoms in total. The summed E-state index contributed by atoms with van der Waals surface area (Å²) in [5.41, 5.74) is 0.309. The Hall–Kier alpha value is -1.41. The Labute approximate surface area is 150 Å². The molecule has 1 aliphatic heterocycles. The monoisotopic (exact) mass is 367 g/mol. The molecule has 0 amide bonds. The molecule has 1 saturated heterocycles. The molecule has 0 bridgehead atoms. The highest BCUT2D eigenvalue weighted by atomic mass is 32.1. The number of hydrogen-bond donors (Lipinski definition) is 1. The number of rotatable bonds is 6. The van der Waals surface area contributed by atoms with Crippen LogP contribution in [0.1, 0.15) is 18.4 Å². The lowest BCUT2D eigenvalue weighted by Crippen LogP contribution is -2.48. The minimum absolute atomic E-state index is 0.0524. The van der Waals surface area contributed by atoms with Gasteiger partial charge >= 0.3 is 0 Å². The molecule has 0 spiro atoms. The van der Waals surface area contributed by atoms with Crippen LogP contribution in [0.15, 0.2) is 23.6 Å². The summed E-state index contributed by atoms with van der Waals surface area (Å²) in [4.78, 5) is 8.98. The largest absolute Gasteiger partial charge is 0.392 e. The predicted molar refractivity (Wildman–Crippen MR) is 95.5 cm³/mol. The number of piperazine rings is 1. The SMILES string of the molecule is CCC(O)CN1CCN(Cc2nc(-c3c(F)cccc3F)cs2)CC1. The van der Waals surface area contributed by atoms with Crippen molar-refractivity contribution >= 4 is 11.3 Å². The van der Waals surface area contributed by atoms with E-state index in [2.05, 4.69) is 14.8 Å². The molecule has 0 saturated carbocycles. The number of aromatic nitrogens is 1. The van der Waals surface area contributed by atoms with E-state index >= 15 is 0 Å². The zero-order valence-electron chi connectivity index (χ0n) is 14.3. The quantitative estimate of drug-likeness (QED) is 0.852. The number of thiazole rings is 1. The van der Waals surface area contributed by atoms with Gasteiger partial charge in [0.2, 0.25) is 0 Å². The van der Waals surface area contributed by atoms with E-state index in [0.29, 0.717) is 12.2 Å². The van der Waals surface area contributed by atoms with Gasteiger partial charge in [0.1, 0.15) is 16.6 Å². The Balaban J connectivity index is 1.58. The van der Waals surface area contributed by atoms with Gasteiger partial charge in [-0.25, -0.2) is 13.8 Å². The van der Waals surface area contributed by atoms with Crippen LogP contribution in [0.5, 0.6) is 0 Å². The van der Waals surface area contributed by atoms with Gasteiger partial charge in [0.05, 0.1) is 23.9 Å². The Morgan fingerprint density at radius 2 is 1.80 bits per heavy atom. The number of β-amino-alcohol motifs (C(OH)–C–C–N with tert-alkyl or cyclic N) is 1. The molecule has 3 rings (SSSR count). The lowest BCUT2D eigenvalue weighted by atomic mass is 10.1. The zero-order chi connectivity index (χ0) is 17.8. The number of nitrogens with zero attached hydrogens (tertiary/aromatic N) is 3. The molecule has 0 aliphatic carbocycles. The predicted octanol–water partition coefficient (Wildman–Crippen LogP) is 2.98. The second-order valence-corrected chi connectivity index (χ2v) is 7.30. The molecule has 2 heterocycles. The minimum Gasteiger partial charge on any atom is -0.392 e. The zero-order valence-corrected chi connectivity index (χ0v) is 15.1. The van der Waals surface area contributed by atoms with E-state index in [0.717, 1.165) is 44.2 Å². The maximum absolute atomic E-state index is 13.9. The summed E-state index contributed by atoms with van der Waals surface area (Å²) in [6.07, 6.45) is 0.512. The third-order valence-corrected chi connectivity index (χ3v) is 5.37. The van der Waals surface area contributed by atoms with Crippen LogP contribution in [0.4, 0.5) is 8.78 Å². The van der Waals surface area contributed by atoms with Gasteiger partial charge in [0, 0.05) is 38.1 Å². The summed E-state index contributed by atoms with van der Waals surface area (Å²) in [5.74, 6) is -1.17. The van der Waals surface area contributed by atoms with Gasteiger partial charge in [-0.1, -0.05) is 13.0 Å². The summed E-state index contributed by atoms with van der Waals surface area (Å²) in [5, 5.41) is 12.3. The number of aliphatic hydroxyl groups is 1. The first-order valence-corrected chi connectivity index (χ1v) is 9.46. The molecule has 1 aromatic carbocycles. The van der Waals surface area contributed by atoms with Crippen molar-refractivity contribution in [3.8, 4) is 11.3 Å². The highest BCUT2D eigenvalue weighted by Gasteiger charge is 2.20. The van der Waals surface area contributed by atoms with Crippen molar-refractivity contribution in [2.24, 2.45) is 0 Å². The molecule has 1 atom stereocenters. The van der Waals surface area contributed by atoms with Crippen LogP contribution in [0, 0.1) is 11.6 Å². The second-order valence-electron chi connectivity index (χ2n) is 6.36. The average molecular weight is 367 g/mol. The van der Waals surface area contributed by atoms with Crippen LogP contribution in [0.25, 0.3) is 11.3 Å². The van der Waals surface area contributed by atoms with Crippen molar-refractivity contribution in [3.05, 3.63) is 40.2 Å². The number of halogens is 2. The topological polar surface area (TPSA) is 39.6 Å². The molecule has 1 aliphatic rings. The molecule has 1 aromatic heterocycles. The van der Waals surface area contributed by atoms with E-state index < -0.39 is 11.6 Å². The summed E-state index contributed by atoms with van der Waals surface area (Å²) < 4.78 is 27.7. The molecular formula is C18H23F2N3OS. The first-order chi connectivity index (χ1) is 12.1. The van der Waals surface area contributed by atoms with Crippen molar-refractivity contribution in [1.29, 1.82) is 0 Å². The van der Waals surface area contributed by atoms with Crippen LogP contribution >= 0.6 is 11.3 Å². The lowest BCUT2D eigenvalue weighted by molar-refractivity contribution is 0.0686. The van der Waals surface area contributed by atoms with Gasteiger partial charge in [-0.05, 0) is 18.6 Å².